The van der Waals surface area contributed by atoms with Gasteiger partial charge in [0.05, 0.1) is 5.69 Å². The fourth-order valence-electron chi connectivity index (χ4n) is 1.88. The summed E-state index contributed by atoms with van der Waals surface area (Å²) in [5, 5.41) is 8.57. The lowest BCUT2D eigenvalue weighted by atomic mass is 10.3. The van der Waals surface area contributed by atoms with Gasteiger partial charge in [-0.2, -0.15) is 0 Å². The monoisotopic (exact) mass is 264 g/mol. The number of carbonyl (C=O) groups is 1. The second-order valence-electron chi connectivity index (χ2n) is 4.44. The Morgan fingerprint density at radius 3 is 2.74 bits per heavy atom. The third-order valence-electron chi connectivity index (χ3n) is 2.99. The van der Waals surface area contributed by atoms with E-state index >= 15 is 0 Å². The fourth-order valence-corrected chi connectivity index (χ4v) is 1.88. The molecule has 0 aliphatic carbocycles. The van der Waals surface area contributed by atoms with Crippen LogP contribution in [0.5, 0.6) is 0 Å². The number of aliphatic carboxylic acids is 1. The standard InChI is InChI=1S/C12H16N4O3/c1-15-4-6-16(7-5-15)11-12(19)13-8-9(14-11)2-3-10(17)18/h2-3,8H,4-7H2,1H3,(H,13,19)(H,17,18)/b3-2+. The maximum absolute atomic E-state index is 11.8. The maximum Gasteiger partial charge on any atom is 0.328 e. The van der Waals surface area contributed by atoms with Crippen molar-refractivity contribution in [1.29, 1.82) is 0 Å². The van der Waals surface area contributed by atoms with Gasteiger partial charge in [0.1, 0.15) is 0 Å². The van der Waals surface area contributed by atoms with Gasteiger partial charge in [-0.1, -0.05) is 0 Å². The molecule has 7 heteroatoms. The van der Waals surface area contributed by atoms with Crippen molar-refractivity contribution in [2.24, 2.45) is 0 Å². The van der Waals surface area contributed by atoms with Crippen LogP contribution >= 0.6 is 0 Å². The summed E-state index contributed by atoms with van der Waals surface area (Å²) in [5.41, 5.74) is 0.174. The molecule has 0 unspecified atom stereocenters. The SMILES string of the molecule is CN1CCN(c2nc(/C=C/C(=O)O)c[nH]c2=O)CC1. The van der Waals surface area contributed by atoms with E-state index in [2.05, 4.69) is 14.9 Å². The number of nitrogens with one attached hydrogen (secondary N) is 1. The van der Waals surface area contributed by atoms with E-state index in [9.17, 15) is 9.59 Å². The molecule has 102 valence electrons. The van der Waals surface area contributed by atoms with Crippen molar-refractivity contribution in [3.63, 3.8) is 0 Å². The first-order valence-corrected chi connectivity index (χ1v) is 6.00. The minimum atomic E-state index is -1.05. The number of rotatable bonds is 3. The van der Waals surface area contributed by atoms with Gasteiger partial charge in [-0.15, -0.1) is 0 Å². The van der Waals surface area contributed by atoms with Crippen molar-refractivity contribution in [3.8, 4) is 0 Å². The number of H-pyrrole nitrogens is 1. The molecule has 1 fully saturated rings. The fraction of sp³-hybridized carbons (Fsp3) is 0.417. The van der Waals surface area contributed by atoms with E-state index in [4.69, 9.17) is 5.11 Å². The number of hydrogen-bond donors (Lipinski definition) is 2. The van der Waals surface area contributed by atoms with E-state index in [0.29, 0.717) is 11.5 Å². The minimum absolute atomic E-state index is 0.253. The first-order valence-electron chi connectivity index (χ1n) is 6.00. The molecule has 1 aliphatic heterocycles. The number of aromatic amines is 1. The smallest absolute Gasteiger partial charge is 0.328 e. The van der Waals surface area contributed by atoms with Crippen LogP contribution in [-0.4, -0.2) is 59.2 Å². The number of nitrogens with zero attached hydrogens (tertiary/aromatic N) is 3. The zero-order chi connectivity index (χ0) is 13.8. The largest absolute Gasteiger partial charge is 0.478 e. The van der Waals surface area contributed by atoms with Crippen molar-refractivity contribution >= 4 is 17.9 Å². The molecule has 1 aliphatic rings. The van der Waals surface area contributed by atoms with E-state index in [1.165, 1.54) is 12.3 Å². The highest BCUT2D eigenvalue weighted by atomic mass is 16.4. The third kappa shape index (κ3) is 3.41. The Hall–Kier alpha value is -2.15. The number of anilines is 1. The molecule has 2 heterocycles. The van der Waals surface area contributed by atoms with E-state index < -0.39 is 5.97 Å². The van der Waals surface area contributed by atoms with Crippen molar-refractivity contribution in [2.45, 2.75) is 0 Å². The van der Waals surface area contributed by atoms with Crippen LogP contribution in [-0.2, 0) is 4.79 Å². The van der Waals surface area contributed by atoms with Gasteiger partial charge < -0.3 is 19.9 Å². The predicted octanol–water partition coefficient (Wildman–Crippen LogP) is -0.380. The summed E-state index contributed by atoms with van der Waals surface area (Å²) in [6.45, 7) is 3.21. The lowest BCUT2D eigenvalue weighted by Gasteiger charge is -2.32. The molecule has 2 rings (SSSR count). The summed E-state index contributed by atoms with van der Waals surface area (Å²) < 4.78 is 0. The maximum atomic E-state index is 11.8. The third-order valence-corrected chi connectivity index (χ3v) is 2.99. The molecule has 1 aromatic rings. The van der Waals surface area contributed by atoms with Crippen LogP contribution in [0.2, 0.25) is 0 Å². The Labute approximate surface area is 110 Å². The van der Waals surface area contributed by atoms with E-state index in [0.717, 1.165) is 32.3 Å². The molecule has 0 amide bonds. The number of hydrogen-bond acceptors (Lipinski definition) is 5. The van der Waals surface area contributed by atoms with Crippen molar-refractivity contribution < 1.29 is 9.90 Å². The number of likely N-dealkylation sites (N-methyl/N-ethyl adjacent to an activating group) is 1. The molecule has 0 bridgehead atoms. The summed E-state index contributed by atoms with van der Waals surface area (Å²) in [6.07, 6.45) is 3.76. The highest BCUT2D eigenvalue weighted by Crippen LogP contribution is 2.09. The lowest BCUT2D eigenvalue weighted by Crippen LogP contribution is -2.46. The van der Waals surface area contributed by atoms with Gasteiger partial charge in [0, 0.05) is 38.5 Å². The van der Waals surface area contributed by atoms with Crippen LogP contribution in [0, 0.1) is 0 Å². The summed E-state index contributed by atoms with van der Waals surface area (Å²) in [4.78, 5) is 33.1. The molecule has 2 N–H and O–H groups in total. The first kappa shape index (κ1) is 13.3. The van der Waals surface area contributed by atoms with Gasteiger partial charge in [0.25, 0.3) is 5.56 Å². The van der Waals surface area contributed by atoms with Crippen molar-refractivity contribution in [2.75, 3.05) is 38.1 Å². The molecular formula is C12H16N4O3. The average molecular weight is 264 g/mol. The Morgan fingerprint density at radius 1 is 1.42 bits per heavy atom. The molecule has 7 nitrogen and oxygen atoms in total. The Kier molecular flexibility index (Phi) is 3.96. The highest BCUT2D eigenvalue weighted by molar-refractivity contribution is 5.84. The van der Waals surface area contributed by atoms with Crippen LogP contribution in [0.3, 0.4) is 0 Å². The summed E-state index contributed by atoms with van der Waals surface area (Å²) in [6, 6.07) is 0. The van der Waals surface area contributed by atoms with Crippen LogP contribution < -0.4 is 10.5 Å². The molecular weight excluding hydrogens is 248 g/mol. The Balaban J connectivity index is 2.22. The van der Waals surface area contributed by atoms with Crippen LogP contribution in [0.15, 0.2) is 17.1 Å². The predicted molar refractivity (Wildman–Crippen MR) is 71.2 cm³/mol. The second kappa shape index (κ2) is 5.66. The van der Waals surface area contributed by atoms with E-state index in [1.807, 2.05) is 11.9 Å². The molecule has 0 saturated carbocycles. The summed E-state index contributed by atoms with van der Waals surface area (Å²) in [7, 11) is 2.03. The van der Waals surface area contributed by atoms with Gasteiger partial charge in [-0.25, -0.2) is 9.78 Å². The topological polar surface area (TPSA) is 89.5 Å². The minimum Gasteiger partial charge on any atom is -0.478 e. The lowest BCUT2D eigenvalue weighted by molar-refractivity contribution is -0.131. The summed E-state index contributed by atoms with van der Waals surface area (Å²) >= 11 is 0. The normalized spacial score (nSPS) is 17.0. The van der Waals surface area contributed by atoms with Crippen molar-refractivity contribution in [3.05, 3.63) is 28.3 Å². The van der Waals surface area contributed by atoms with Gasteiger partial charge >= 0.3 is 5.97 Å². The number of aromatic nitrogens is 2. The molecule has 0 aromatic carbocycles. The van der Waals surface area contributed by atoms with Gasteiger partial charge in [-0.3, -0.25) is 4.79 Å². The summed E-state index contributed by atoms with van der Waals surface area (Å²) in [5.74, 6) is -0.699. The molecule has 0 atom stereocenters. The number of piperazine rings is 1. The molecule has 0 spiro atoms. The number of carboxylic acids is 1. The van der Waals surface area contributed by atoms with Gasteiger partial charge in [0.15, 0.2) is 5.82 Å². The molecule has 19 heavy (non-hydrogen) atoms. The first-order chi connectivity index (χ1) is 9.06. The van der Waals surface area contributed by atoms with Gasteiger partial charge in [0.2, 0.25) is 0 Å². The van der Waals surface area contributed by atoms with Gasteiger partial charge in [-0.05, 0) is 13.1 Å². The Bertz CT molecular complexity index is 544. The Morgan fingerprint density at radius 2 is 2.11 bits per heavy atom. The average Bonchev–Trinajstić information content (AvgIpc) is 2.39. The van der Waals surface area contributed by atoms with Crippen LogP contribution in [0.1, 0.15) is 5.69 Å². The second-order valence-corrected chi connectivity index (χ2v) is 4.44. The van der Waals surface area contributed by atoms with Crippen LogP contribution in [0.25, 0.3) is 6.08 Å². The molecule has 1 aromatic heterocycles. The molecule has 1 saturated heterocycles. The zero-order valence-corrected chi connectivity index (χ0v) is 10.7. The molecule has 0 radical (unpaired) electrons. The van der Waals surface area contributed by atoms with E-state index in [-0.39, 0.29) is 5.56 Å². The number of carboxylic acid groups (broad SMARTS) is 1. The highest BCUT2D eigenvalue weighted by Gasteiger charge is 2.18. The zero-order valence-electron chi connectivity index (χ0n) is 10.7. The van der Waals surface area contributed by atoms with E-state index in [1.54, 1.807) is 0 Å². The van der Waals surface area contributed by atoms with Crippen molar-refractivity contribution in [1.82, 2.24) is 14.9 Å². The quantitative estimate of drug-likeness (QED) is 0.723. The van der Waals surface area contributed by atoms with Crippen LogP contribution in [0.4, 0.5) is 5.82 Å².